The normalized spacial score (nSPS) is 21.2. The summed E-state index contributed by atoms with van der Waals surface area (Å²) in [5, 5.41) is 5.23. The molecular formula is C25H29IN4. The maximum Gasteiger partial charge on any atom is 0.0962 e. The van der Waals surface area contributed by atoms with E-state index in [2.05, 4.69) is 107 Å². The molecule has 2 atom stereocenters. The number of nitrogens with zero attached hydrogens (tertiary/aromatic N) is 4. The van der Waals surface area contributed by atoms with Crippen LogP contribution in [0.3, 0.4) is 0 Å². The van der Waals surface area contributed by atoms with Crippen LogP contribution < -0.4 is 4.90 Å². The van der Waals surface area contributed by atoms with Gasteiger partial charge >= 0.3 is 0 Å². The van der Waals surface area contributed by atoms with E-state index in [9.17, 15) is 0 Å². The molecule has 1 aliphatic carbocycles. The molecule has 5 rings (SSSR count). The smallest absolute Gasteiger partial charge is 0.0962 e. The lowest BCUT2D eigenvalue weighted by molar-refractivity contribution is 0.170. The van der Waals surface area contributed by atoms with Gasteiger partial charge < -0.3 is 9.80 Å². The molecule has 2 heterocycles. The van der Waals surface area contributed by atoms with Crippen LogP contribution in [0.4, 0.5) is 5.69 Å². The predicted octanol–water partition coefficient (Wildman–Crippen LogP) is 5.19. The first kappa shape index (κ1) is 20.1. The lowest BCUT2D eigenvalue weighted by atomic mass is 9.73. The highest BCUT2D eigenvalue weighted by Gasteiger charge is 2.38. The van der Waals surface area contributed by atoms with E-state index in [0.29, 0.717) is 5.92 Å². The van der Waals surface area contributed by atoms with E-state index in [1.807, 2.05) is 0 Å². The van der Waals surface area contributed by atoms with Crippen LogP contribution in [0.1, 0.15) is 30.0 Å². The van der Waals surface area contributed by atoms with Crippen LogP contribution in [-0.2, 0) is 6.42 Å². The Morgan fingerprint density at radius 1 is 1.00 bits per heavy atom. The van der Waals surface area contributed by atoms with Crippen molar-refractivity contribution in [3.05, 3.63) is 63.4 Å². The Hall–Kier alpha value is -1.86. The van der Waals surface area contributed by atoms with Gasteiger partial charge in [0.05, 0.1) is 17.1 Å². The van der Waals surface area contributed by atoms with Crippen molar-refractivity contribution in [1.82, 2.24) is 14.7 Å². The maximum atomic E-state index is 5.23. The first-order chi connectivity index (χ1) is 14.5. The third kappa shape index (κ3) is 3.56. The maximum absolute atomic E-state index is 5.23. The van der Waals surface area contributed by atoms with Crippen molar-refractivity contribution in [2.24, 2.45) is 5.92 Å². The standard InChI is InChI=1S/C25H29IN4/c1-28(2)20-9-4-18(5-10-20)24-22-13-6-17-14-15-29(3)16-23(17)25(22)30(27-24)21-11-7-19(26)8-12-21/h4-5,7-12,17,23H,6,13-16H2,1-3H3. The molecule has 1 fully saturated rings. The fraction of sp³-hybridized carbons (Fsp3) is 0.400. The van der Waals surface area contributed by atoms with Crippen molar-refractivity contribution in [1.29, 1.82) is 0 Å². The Morgan fingerprint density at radius 3 is 2.43 bits per heavy atom. The number of fused-ring (bicyclic) bond motifs is 3. The van der Waals surface area contributed by atoms with Gasteiger partial charge in [-0.1, -0.05) is 12.1 Å². The Bertz CT molecular complexity index is 1040. The summed E-state index contributed by atoms with van der Waals surface area (Å²) in [6.07, 6.45) is 3.72. The average Bonchev–Trinajstić information content (AvgIpc) is 3.14. The summed E-state index contributed by atoms with van der Waals surface area (Å²) >= 11 is 2.37. The van der Waals surface area contributed by atoms with Gasteiger partial charge in [0.1, 0.15) is 0 Å². The second kappa shape index (κ2) is 8.00. The fourth-order valence-electron chi connectivity index (χ4n) is 5.17. The Balaban J connectivity index is 1.66. The van der Waals surface area contributed by atoms with Crippen LogP contribution >= 0.6 is 22.6 Å². The molecule has 1 aromatic heterocycles. The SMILES string of the molecule is CN1CCC2CCc3c(-c4ccc(N(C)C)cc4)nn(-c4ccc(I)cc4)c3C2C1. The molecule has 3 aromatic rings. The van der Waals surface area contributed by atoms with E-state index in [0.717, 1.165) is 18.9 Å². The number of benzene rings is 2. The molecule has 0 amide bonds. The molecule has 2 aliphatic rings. The molecular weight excluding hydrogens is 483 g/mol. The minimum Gasteiger partial charge on any atom is -0.378 e. The van der Waals surface area contributed by atoms with Gasteiger partial charge in [-0.3, -0.25) is 0 Å². The summed E-state index contributed by atoms with van der Waals surface area (Å²) in [5.41, 5.74) is 7.70. The van der Waals surface area contributed by atoms with E-state index in [1.165, 1.54) is 56.8 Å². The van der Waals surface area contributed by atoms with Gasteiger partial charge in [-0.15, -0.1) is 0 Å². The molecule has 30 heavy (non-hydrogen) atoms. The van der Waals surface area contributed by atoms with Gasteiger partial charge in [-0.05, 0) is 97.8 Å². The van der Waals surface area contributed by atoms with Crippen molar-refractivity contribution >= 4 is 28.3 Å². The van der Waals surface area contributed by atoms with E-state index < -0.39 is 0 Å². The number of likely N-dealkylation sites (N-methyl/N-ethyl adjacent to an activating group) is 1. The van der Waals surface area contributed by atoms with Crippen molar-refractivity contribution in [2.75, 3.05) is 39.1 Å². The first-order valence-corrected chi connectivity index (χ1v) is 11.9. The molecule has 0 N–H and O–H groups in total. The van der Waals surface area contributed by atoms with Crippen molar-refractivity contribution < 1.29 is 0 Å². The zero-order valence-corrected chi connectivity index (χ0v) is 20.1. The highest BCUT2D eigenvalue weighted by molar-refractivity contribution is 14.1. The molecule has 156 valence electrons. The van der Waals surface area contributed by atoms with Crippen molar-refractivity contribution in [3.8, 4) is 16.9 Å². The Kier molecular flexibility index (Phi) is 5.35. The molecule has 0 spiro atoms. The number of anilines is 1. The molecule has 1 aliphatic heterocycles. The molecule has 0 saturated carbocycles. The van der Waals surface area contributed by atoms with Gasteiger partial charge in [0.2, 0.25) is 0 Å². The van der Waals surface area contributed by atoms with E-state index in [-0.39, 0.29) is 0 Å². The lowest BCUT2D eigenvalue weighted by Gasteiger charge is -2.40. The predicted molar refractivity (Wildman–Crippen MR) is 133 cm³/mol. The topological polar surface area (TPSA) is 24.3 Å². The van der Waals surface area contributed by atoms with Gasteiger partial charge in [0.25, 0.3) is 0 Å². The van der Waals surface area contributed by atoms with Crippen LogP contribution in [-0.4, -0.2) is 48.9 Å². The lowest BCUT2D eigenvalue weighted by Crippen LogP contribution is -2.39. The molecule has 4 nitrogen and oxygen atoms in total. The summed E-state index contributed by atoms with van der Waals surface area (Å²) in [6.45, 7) is 2.35. The number of rotatable bonds is 3. The van der Waals surface area contributed by atoms with Crippen LogP contribution in [0.15, 0.2) is 48.5 Å². The van der Waals surface area contributed by atoms with Crippen LogP contribution in [0.2, 0.25) is 0 Å². The van der Waals surface area contributed by atoms with E-state index in [4.69, 9.17) is 5.10 Å². The Morgan fingerprint density at radius 2 is 1.73 bits per heavy atom. The van der Waals surface area contributed by atoms with Crippen molar-refractivity contribution in [3.63, 3.8) is 0 Å². The molecule has 0 radical (unpaired) electrons. The zero-order valence-electron chi connectivity index (χ0n) is 18.0. The molecule has 0 bridgehead atoms. The van der Waals surface area contributed by atoms with E-state index >= 15 is 0 Å². The number of piperidine rings is 1. The van der Waals surface area contributed by atoms with Crippen LogP contribution in [0, 0.1) is 9.49 Å². The molecule has 5 heteroatoms. The minimum absolute atomic E-state index is 0.564. The highest BCUT2D eigenvalue weighted by atomic mass is 127. The van der Waals surface area contributed by atoms with Crippen LogP contribution in [0.25, 0.3) is 16.9 Å². The molecule has 2 aromatic carbocycles. The van der Waals surface area contributed by atoms with E-state index in [1.54, 1.807) is 0 Å². The fourth-order valence-corrected chi connectivity index (χ4v) is 5.53. The summed E-state index contributed by atoms with van der Waals surface area (Å²) in [4.78, 5) is 4.64. The monoisotopic (exact) mass is 512 g/mol. The van der Waals surface area contributed by atoms with Crippen molar-refractivity contribution in [2.45, 2.75) is 25.2 Å². The largest absolute Gasteiger partial charge is 0.378 e. The van der Waals surface area contributed by atoms with Crippen LogP contribution in [0.5, 0.6) is 0 Å². The quantitative estimate of drug-likeness (QED) is 0.452. The summed E-state index contributed by atoms with van der Waals surface area (Å²) in [6, 6.07) is 17.7. The summed E-state index contributed by atoms with van der Waals surface area (Å²) in [5.74, 6) is 1.34. The third-order valence-corrected chi connectivity index (χ3v) is 7.55. The number of halogens is 1. The van der Waals surface area contributed by atoms with Gasteiger partial charge in [0, 0.05) is 46.9 Å². The number of aromatic nitrogens is 2. The first-order valence-electron chi connectivity index (χ1n) is 10.9. The second-order valence-corrected chi connectivity index (χ2v) is 10.2. The Labute approximate surface area is 193 Å². The zero-order chi connectivity index (χ0) is 20.8. The third-order valence-electron chi connectivity index (χ3n) is 6.83. The van der Waals surface area contributed by atoms with Gasteiger partial charge in [-0.2, -0.15) is 5.10 Å². The number of likely N-dealkylation sites (tertiary alicyclic amines) is 1. The summed E-state index contributed by atoms with van der Waals surface area (Å²) < 4.78 is 3.52. The molecule has 1 saturated heterocycles. The summed E-state index contributed by atoms with van der Waals surface area (Å²) in [7, 11) is 6.43. The average molecular weight is 512 g/mol. The second-order valence-electron chi connectivity index (χ2n) is 9.00. The minimum atomic E-state index is 0.564. The number of hydrogen-bond acceptors (Lipinski definition) is 3. The van der Waals surface area contributed by atoms with Gasteiger partial charge in [0.15, 0.2) is 0 Å². The molecule has 2 unspecified atom stereocenters. The highest BCUT2D eigenvalue weighted by Crippen LogP contribution is 2.45. The number of hydrogen-bond donors (Lipinski definition) is 0. The van der Waals surface area contributed by atoms with Gasteiger partial charge in [-0.25, -0.2) is 4.68 Å².